The zero-order valence-electron chi connectivity index (χ0n) is 18.6. The number of hydrogen-bond acceptors (Lipinski definition) is 5. The highest BCUT2D eigenvalue weighted by Gasteiger charge is 2.27. The second-order valence-electron chi connectivity index (χ2n) is 8.47. The summed E-state index contributed by atoms with van der Waals surface area (Å²) in [6.07, 6.45) is 0.737. The number of rotatable bonds is 6. The van der Waals surface area contributed by atoms with Gasteiger partial charge in [0.25, 0.3) is 10.0 Å². The van der Waals surface area contributed by atoms with Gasteiger partial charge in [0.05, 0.1) is 23.0 Å². The molecule has 174 valence electrons. The Morgan fingerprint density at radius 2 is 1.91 bits per heavy atom. The van der Waals surface area contributed by atoms with Gasteiger partial charge in [-0.05, 0) is 57.5 Å². The predicted molar refractivity (Wildman–Crippen MR) is 130 cm³/mol. The molecule has 3 aromatic rings. The fourth-order valence-electron chi connectivity index (χ4n) is 3.29. The van der Waals surface area contributed by atoms with Crippen LogP contribution in [0.3, 0.4) is 0 Å². The number of hydrogen-bond donors (Lipinski definition) is 1. The number of halogens is 1. The van der Waals surface area contributed by atoms with Crippen LogP contribution in [0.4, 0.5) is 4.79 Å². The Hall–Kier alpha value is -3.01. The molecular weight excluding hydrogens is 510 g/mol. The Morgan fingerprint density at radius 1 is 1.24 bits per heavy atom. The number of carbonyl (C=O) groups excluding carboxylic acids is 1. The van der Waals surface area contributed by atoms with Crippen LogP contribution in [-0.4, -0.2) is 30.6 Å². The molecule has 11 heteroatoms. The smallest absolute Gasteiger partial charge is 0.408 e. The number of nitrogens with one attached hydrogen (secondary N) is 1. The minimum absolute atomic E-state index is 0.128. The van der Waals surface area contributed by atoms with E-state index in [0.717, 1.165) is 5.56 Å². The molecule has 0 bridgehead atoms. The number of alkyl carbamates (subject to hydrolysis) is 1. The summed E-state index contributed by atoms with van der Waals surface area (Å²) in [5.74, 6) is 0. The van der Waals surface area contributed by atoms with E-state index in [0.29, 0.717) is 20.9 Å². The molecule has 33 heavy (non-hydrogen) atoms. The lowest BCUT2D eigenvalue weighted by Crippen LogP contribution is -2.36. The Balaban J connectivity index is 2.16. The Bertz CT molecular complexity index is 1340. The molecular formula is C22H24BrN5O4S. The van der Waals surface area contributed by atoms with Crippen molar-refractivity contribution in [3.8, 4) is 0 Å². The third-order valence-corrected chi connectivity index (χ3v) is 6.92. The molecule has 1 heterocycles. The molecule has 0 saturated carbocycles. The highest BCUT2D eigenvalue weighted by molar-refractivity contribution is 9.10. The number of aromatic nitrogens is 1. The zero-order valence-corrected chi connectivity index (χ0v) is 21.0. The van der Waals surface area contributed by atoms with E-state index in [1.807, 2.05) is 6.92 Å². The van der Waals surface area contributed by atoms with E-state index < -0.39 is 27.8 Å². The summed E-state index contributed by atoms with van der Waals surface area (Å²) in [6.45, 7) is 6.93. The van der Waals surface area contributed by atoms with E-state index in [4.69, 9.17) is 10.3 Å². The molecule has 1 N–H and O–H groups in total. The minimum atomic E-state index is -3.94. The van der Waals surface area contributed by atoms with Crippen LogP contribution >= 0.6 is 15.9 Å². The Labute approximate surface area is 200 Å². The van der Waals surface area contributed by atoms with Gasteiger partial charge in [0.1, 0.15) is 5.60 Å². The Kier molecular flexibility index (Phi) is 7.06. The first kappa shape index (κ1) is 24.6. The molecule has 1 aromatic heterocycles. The molecule has 0 aliphatic heterocycles. The molecule has 3 rings (SSSR count). The quantitative estimate of drug-likeness (QED) is 0.243. The van der Waals surface area contributed by atoms with E-state index in [-0.39, 0.29) is 11.4 Å². The summed E-state index contributed by atoms with van der Waals surface area (Å²) < 4.78 is 34.2. The number of carbonyl (C=O) groups is 1. The van der Waals surface area contributed by atoms with Gasteiger partial charge in [0.15, 0.2) is 0 Å². The van der Waals surface area contributed by atoms with Gasteiger partial charge < -0.3 is 10.1 Å². The SMILES string of the molecule is Cc1ccc(S(=O)(=O)n2cc([C@H](CN=[N+]=[N-])NC(=O)OC(C)(C)C)c3ccc(Br)cc32)cc1. The van der Waals surface area contributed by atoms with Crippen LogP contribution in [0.2, 0.25) is 0 Å². The van der Waals surface area contributed by atoms with Crippen molar-refractivity contribution in [3.05, 3.63) is 74.7 Å². The van der Waals surface area contributed by atoms with Crippen LogP contribution in [0.15, 0.2) is 63.1 Å². The number of azide groups is 1. The first-order valence-corrected chi connectivity index (χ1v) is 12.3. The number of fused-ring (bicyclic) bond motifs is 1. The van der Waals surface area contributed by atoms with Crippen molar-refractivity contribution in [2.75, 3.05) is 6.54 Å². The van der Waals surface area contributed by atoms with Crippen molar-refractivity contribution in [3.63, 3.8) is 0 Å². The molecule has 9 nitrogen and oxygen atoms in total. The average Bonchev–Trinajstić information content (AvgIpc) is 3.09. The van der Waals surface area contributed by atoms with Gasteiger partial charge in [-0.15, -0.1) is 0 Å². The van der Waals surface area contributed by atoms with Crippen molar-refractivity contribution >= 4 is 42.9 Å². The van der Waals surface area contributed by atoms with Gasteiger partial charge in [-0.2, -0.15) is 0 Å². The normalized spacial score (nSPS) is 12.8. The maximum atomic E-state index is 13.5. The van der Waals surface area contributed by atoms with E-state index in [1.165, 1.54) is 10.2 Å². The van der Waals surface area contributed by atoms with Crippen LogP contribution in [0.1, 0.15) is 37.9 Å². The Morgan fingerprint density at radius 3 is 2.52 bits per heavy atom. The second kappa shape index (κ2) is 9.46. The fourth-order valence-corrected chi connectivity index (χ4v) is 5.01. The monoisotopic (exact) mass is 533 g/mol. The molecule has 0 radical (unpaired) electrons. The maximum Gasteiger partial charge on any atom is 0.408 e. The van der Waals surface area contributed by atoms with Crippen molar-refractivity contribution in [1.29, 1.82) is 0 Å². The highest BCUT2D eigenvalue weighted by Crippen LogP contribution is 2.32. The summed E-state index contributed by atoms with van der Waals surface area (Å²) in [7, 11) is -3.94. The summed E-state index contributed by atoms with van der Waals surface area (Å²) in [4.78, 5) is 15.4. The third kappa shape index (κ3) is 5.68. The van der Waals surface area contributed by atoms with Crippen LogP contribution in [0, 0.1) is 6.92 Å². The standard InChI is InChI=1S/C22H24BrN5O4S/c1-14-5-8-16(9-6-14)33(30,31)28-13-18(17-10-7-15(23)11-20(17)28)19(12-25-27-24)26-21(29)32-22(2,3)4/h5-11,13,19H,12H2,1-4H3,(H,26,29)/t19-/m0/s1. The molecule has 0 spiro atoms. The summed E-state index contributed by atoms with van der Waals surface area (Å²) >= 11 is 3.40. The van der Waals surface area contributed by atoms with E-state index >= 15 is 0 Å². The third-order valence-electron chi connectivity index (χ3n) is 4.74. The predicted octanol–water partition coefficient (Wildman–Crippen LogP) is 5.83. The summed E-state index contributed by atoms with van der Waals surface area (Å²) in [5, 5.41) is 6.89. The number of aryl methyl sites for hydroxylation is 1. The van der Waals surface area contributed by atoms with Gasteiger partial charge in [0.2, 0.25) is 0 Å². The van der Waals surface area contributed by atoms with Gasteiger partial charge >= 0.3 is 6.09 Å². The molecule has 0 saturated heterocycles. The largest absolute Gasteiger partial charge is 0.444 e. The van der Waals surface area contributed by atoms with E-state index in [9.17, 15) is 13.2 Å². The summed E-state index contributed by atoms with van der Waals surface area (Å²) in [5.41, 5.74) is 9.94. The molecule has 0 unspecified atom stereocenters. The van der Waals surface area contributed by atoms with E-state index in [1.54, 1.807) is 63.2 Å². The molecule has 0 aliphatic rings. The van der Waals surface area contributed by atoms with Crippen LogP contribution in [-0.2, 0) is 14.8 Å². The maximum absolute atomic E-state index is 13.5. The number of nitrogens with zero attached hydrogens (tertiary/aromatic N) is 4. The molecule has 0 aliphatic carbocycles. The van der Waals surface area contributed by atoms with Gasteiger partial charge in [-0.25, -0.2) is 17.2 Å². The van der Waals surface area contributed by atoms with Crippen molar-refractivity contribution in [2.24, 2.45) is 5.11 Å². The van der Waals surface area contributed by atoms with Crippen LogP contribution in [0.5, 0.6) is 0 Å². The lowest BCUT2D eigenvalue weighted by atomic mass is 10.1. The van der Waals surface area contributed by atoms with Crippen LogP contribution in [0.25, 0.3) is 21.3 Å². The number of benzene rings is 2. The lowest BCUT2D eigenvalue weighted by Gasteiger charge is -2.23. The molecule has 1 atom stereocenters. The fraction of sp³-hybridized carbons (Fsp3) is 0.318. The first-order valence-electron chi connectivity index (χ1n) is 10.1. The van der Waals surface area contributed by atoms with Gasteiger partial charge in [0, 0.05) is 26.5 Å². The topological polar surface area (TPSA) is 126 Å². The molecule has 2 aromatic carbocycles. The second-order valence-corrected chi connectivity index (χ2v) is 11.2. The molecule has 1 amide bonds. The first-order chi connectivity index (χ1) is 15.4. The van der Waals surface area contributed by atoms with Gasteiger partial charge in [-0.1, -0.05) is 44.8 Å². The highest BCUT2D eigenvalue weighted by atomic mass is 79.9. The number of amides is 1. The van der Waals surface area contributed by atoms with Crippen molar-refractivity contribution in [2.45, 2.75) is 44.2 Å². The van der Waals surface area contributed by atoms with Gasteiger partial charge in [-0.3, -0.25) is 0 Å². The number of ether oxygens (including phenoxy) is 1. The lowest BCUT2D eigenvalue weighted by molar-refractivity contribution is 0.0505. The van der Waals surface area contributed by atoms with Crippen molar-refractivity contribution < 1.29 is 17.9 Å². The zero-order chi connectivity index (χ0) is 24.4. The van der Waals surface area contributed by atoms with Crippen molar-refractivity contribution in [1.82, 2.24) is 9.29 Å². The van der Waals surface area contributed by atoms with E-state index in [2.05, 4.69) is 31.3 Å². The average molecular weight is 534 g/mol. The molecule has 0 fully saturated rings. The van der Waals surface area contributed by atoms with Crippen LogP contribution < -0.4 is 5.32 Å². The minimum Gasteiger partial charge on any atom is -0.444 e. The summed E-state index contributed by atoms with van der Waals surface area (Å²) in [6, 6.07) is 10.9.